The molecule has 166 valence electrons. The van der Waals surface area contributed by atoms with Gasteiger partial charge in [-0.2, -0.15) is 0 Å². The summed E-state index contributed by atoms with van der Waals surface area (Å²) in [5.74, 6) is 1.84. The number of pyridine rings is 1. The van der Waals surface area contributed by atoms with Crippen molar-refractivity contribution >= 4 is 17.0 Å². The Morgan fingerprint density at radius 2 is 2.16 bits per heavy atom. The molecule has 3 saturated heterocycles. The number of fused-ring (bicyclic) bond motifs is 4. The third-order valence-electron chi connectivity index (χ3n) is 6.50. The van der Waals surface area contributed by atoms with E-state index in [2.05, 4.69) is 27.9 Å². The number of methoxy groups -OCH3 is 1. The van der Waals surface area contributed by atoms with Gasteiger partial charge in [0.25, 0.3) is 0 Å². The van der Waals surface area contributed by atoms with Gasteiger partial charge in [0.2, 0.25) is 0 Å². The number of rotatable bonds is 5. The summed E-state index contributed by atoms with van der Waals surface area (Å²) in [4.78, 5) is 19.8. The molecular formula is C25H33N3O3. The monoisotopic (exact) mass is 423 g/mol. The van der Waals surface area contributed by atoms with Gasteiger partial charge >= 0.3 is 6.09 Å². The summed E-state index contributed by atoms with van der Waals surface area (Å²) < 4.78 is 11.6. The van der Waals surface area contributed by atoms with Crippen LogP contribution in [0.3, 0.4) is 0 Å². The van der Waals surface area contributed by atoms with Crippen molar-refractivity contribution in [3.8, 4) is 5.75 Å². The highest BCUT2D eigenvalue weighted by Crippen LogP contribution is 2.43. The molecule has 0 aliphatic carbocycles. The minimum Gasteiger partial charge on any atom is -0.497 e. The molecule has 0 radical (unpaired) electrons. The van der Waals surface area contributed by atoms with E-state index in [9.17, 15) is 4.79 Å². The van der Waals surface area contributed by atoms with Crippen molar-refractivity contribution in [3.05, 3.63) is 48.7 Å². The zero-order valence-corrected chi connectivity index (χ0v) is 18.9. The average molecular weight is 424 g/mol. The lowest BCUT2D eigenvalue weighted by Gasteiger charge is -2.51. The summed E-state index contributed by atoms with van der Waals surface area (Å²) in [5.41, 5.74) is 1.47. The zero-order chi connectivity index (χ0) is 22.2. The summed E-state index contributed by atoms with van der Waals surface area (Å²) in [5, 5.41) is 3.91. The molecule has 31 heavy (non-hydrogen) atoms. The Morgan fingerprint density at radius 3 is 2.81 bits per heavy atom. The quantitative estimate of drug-likeness (QED) is 0.706. The molecule has 3 fully saturated rings. The number of carbonyl (C=O) groups excluding carboxylic acids is 1. The summed E-state index contributed by atoms with van der Waals surface area (Å²) in [6.07, 6.45) is 5.24. The van der Waals surface area contributed by atoms with E-state index < -0.39 is 12.2 Å². The highest BCUT2D eigenvalue weighted by atomic mass is 16.6. The van der Waals surface area contributed by atoms with Crippen LogP contribution in [0.4, 0.5) is 4.79 Å². The van der Waals surface area contributed by atoms with Crippen molar-refractivity contribution in [3.63, 3.8) is 0 Å². The third kappa shape index (κ3) is 4.54. The molecule has 5 atom stereocenters. The molecule has 3 aliphatic heterocycles. The summed E-state index contributed by atoms with van der Waals surface area (Å²) >= 11 is 0. The molecule has 1 N–H and O–H groups in total. The predicted octanol–water partition coefficient (Wildman–Crippen LogP) is 4.71. The molecule has 5 rings (SSSR count). The van der Waals surface area contributed by atoms with E-state index in [1.807, 2.05) is 45.0 Å². The highest BCUT2D eigenvalue weighted by molar-refractivity contribution is 5.84. The SMILES string of the molecule is C=C[C@H]1CN2CC[C@H]1C[C@@H]2[C@H](OC(=O)NC(C)(C)C)c1ccnc2ccc(OC)cc12. The summed E-state index contributed by atoms with van der Waals surface area (Å²) in [7, 11) is 1.66. The Balaban J connectivity index is 1.74. The average Bonchev–Trinajstić information content (AvgIpc) is 2.75. The van der Waals surface area contributed by atoms with Crippen LogP contribution in [0, 0.1) is 11.8 Å². The maximum atomic E-state index is 12.9. The molecular weight excluding hydrogens is 390 g/mol. The number of alkyl carbamates (subject to hydrolysis) is 1. The van der Waals surface area contributed by atoms with Crippen LogP contribution in [0.5, 0.6) is 5.75 Å². The Kier molecular flexibility index (Phi) is 5.93. The number of amides is 1. The van der Waals surface area contributed by atoms with Crippen LogP contribution in [0.25, 0.3) is 10.9 Å². The van der Waals surface area contributed by atoms with Crippen LogP contribution in [0.15, 0.2) is 43.1 Å². The molecule has 1 amide bonds. The molecule has 1 unspecified atom stereocenters. The summed E-state index contributed by atoms with van der Waals surface area (Å²) in [6.45, 7) is 11.9. The van der Waals surface area contributed by atoms with E-state index in [1.54, 1.807) is 13.3 Å². The van der Waals surface area contributed by atoms with Gasteiger partial charge in [0, 0.05) is 29.2 Å². The van der Waals surface area contributed by atoms with E-state index in [-0.39, 0.29) is 11.6 Å². The van der Waals surface area contributed by atoms with Crippen LogP contribution in [0.2, 0.25) is 0 Å². The first-order chi connectivity index (χ1) is 14.8. The molecule has 2 bridgehead atoms. The van der Waals surface area contributed by atoms with Crippen molar-refractivity contribution in [2.45, 2.75) is 51.3 Å². The lowest BCUT2D eigenvalue weighted by atomic mass is 9.73. The van der Waals surface area contributed by atoms with Crippen molar-refractivity contribution in [1.82, 2.24) is 15.2 Å². The van der Waals surface area contributed by atoms with Gasteiger partial charge in [-0.3, -0.25) is 9.88 Å². The topological polar surface area (TPSA) is 63.7 Å². The van der Waals surface area contributed by atoms with Gasteiger partial charge in [-0.15, -0.1) is 6.58 Å². The highest BCUT2D eigenvalue weighted by Gasteiger charge is 2.44. The van der Waals surface area contributed by atoms with E-state index in [0.717, 1.165) is 41.7 Å². The van der Waals surface area contributed by atoms with E-state index in [0.29, 0.717) is 11.8 Å². The molecule has 6 nitrogen and oxygen atoms in total. The van der Waals surface area contributed by atoms with E-state index in [1.165, 1.54) is 6.42 Å². The molecule has 0 spiro atoms. The first-order valence-electron chi connectivity index (χ1n) is 11.1. The van der Waals surface area contributed by atoms with Crippen LogP contribution >= 0.6 is 0 Å². The van der Waals surface area contributed by atoms with Gasteiger partial charge in [0.05, 0.1) is 18.7 Å². The molecule has 4 heterocycles. The van der Waals surface area contributed by atoms with Crippen LogP contribution in [-0.4, -0.2) is 47.8 Å². The van der Waals surface area contributed by atoms with Gasteiger partial charge in [-0.05, 0) is 76.3 Å². The Morgan fingerprint density at radius 1 is 1.35 bits per heavy atom. The number of ether oxygens (including phenoxy) is 2. The van der Waals surface area contributed by atoms with Crippen LogP contribution in [0.1, 0.15) is 45.3 Å². The van der Waals surface area contributed by atoms with Gasteiger partial charge < -0.3 is 14.8 Å². The number of piperidine rings is 3. The Labute approximate surface area is 184 Å². The molecule has 3 aliphatic rings. The number of hydrogen-bond donors (Lipinski definition) is 1. The lowest BCUT2D eigenvalue weighted by Crippen LogP contribution is -2.56. The van der Waals surface area contributed by atoms with Crippen LogP contribution in [-0.2, 0) is 4.74 Å². The number of nitrogens with zero attached hydrogens (tertiary/aromatic N) is 2. The van der Waals surface area contributed by atoms with Gasteiger partial charge in [-0.25, -0.2) is 4.79 Å². The van der Waals surface area contributed by atoms with Crippen molar-refractivity contribution in [1.29, 1.82) is 0 Å². The minimum absolute atomic E-state index is 0.123. The molecule has 6 heteroatoms. The number of benzene rings is 1. The van der Waals surface area contributed by atoms with E-state index >= 15 is 0 Å². The Hall–Kier alpha value is -2.60. The van der Waals surface area contributed by atoms with E-state index in [4.69, 9.17) is 9.47 Å². The lowest BCUT2D eigenvalue weighted by molar-refractivity contribution is -0.0506. The minimum atomic E-state index is -0.395. The Bertz CT molecular complexity index is 968. The largest absolute Gasteiger partial charge is 0.497 e. The van der Waals surface area contributed by atoms with Crippen molar-refractivity contribution < 1.29 is 14.3 Å². The third-order valence-corrected chi connectivity index (χ3v) is 6.50. The smallest absolute Gasteiger partial charge is 0.408 e. The standard InChI is InChI=1S/C25H33N3O3/c1-6-16-15-28-12-10-17(16)13-22(28)23(31-24(29)27-25(2,3)4)19-9-11-26-21-8-7-18(30-5)14-20(19)21/h6-9,11,14,16-17,22-23H,1,10,12-13,15H2,2-5H3,(H,27,29)/t16-,17-,22+,23+/m0/s1. The first-order valence-corrected chi connectivity index (χ1v) is 11.1. The fourth-order valence-corrected chi connectivity index (χ4v) is 5.01. The maximum Gasteiger partial charge on any atom is 0.408 e. The van der Waals surface area contributed by atoms with Crippen LogP contribution < -0.4 is 10.1 Å². The van der Waals surface area contributed by atoms with Gasteiger partial charge in [-0.1, -0.05) is 6.08 Å². The van der Waals surface area contributed by atoms with Gasteiger partial charge in [0.15, 0.2) is 0 Å². The fraction of sp³-hybridized carbons (Fsp3) is 0.520. The van der Waals surface area contributed by atoms with Crippen molar-refractivity contribution in [2.75, 3.05) is 20.2 Å². The molecule has 1 aromatic heterocycles. The second-order valence-corrected chi connectivity index (χ2v) is 9.73. The number of carbonyl (C=O) groups is 1. The van der Waals surface area contributed by atoms with Crippen molar-refractivity contribution in [2.24, 2.45) is 11.8 Å². The molecule has 1 aromatic carbocycles. The number of aromatic nitrogens is 1. The number of hydrogen-bond acceptors (Lipinski definition) is 5. The predicted molar refractivity (Wildman–Crippen MR) is 122 cm³/mol. The molecule has 0 saturated carbocycles. The second kappa shape index (κ2) is 8.50. The second-order valence-electron chi connectivity index (χ2n) is 9.73. The molecule has 2 aromatic rings. The fourth-order valence-electron chi connectivity index (χ4n) is 5.01. The zero-order valence-electron chi connectivity index (χ0n) is 18.9. The summed E-state index contributed by atoms with van der Waals surface area (Å²) in [6, 6.07) is 7.94. The number of nitrogens with one attached hydrogen (secondary N) is 1. The normalized spacial score (nSPS) is 26.3. The first kappa shape index (κ1) is 21.6. The maximum absolute atomic E-state index is 12.9. The van der Waals surface area contributed by atoms with Gasteiger partial charge in [0.1, 0.15) is 11.9 Å².